The highest BCUT2D eigenvalue weighted by molar-refractivity contribution is 7.91. The Balaban J connectivity index is 1.99. The van der Waals surface area contributed by atoms with Gasteiger partial charge in [-0.15, -0.1) is 11.3 Å². The molecule has 1 aromatic heterocycles. The van der Waals surface area contributed by atoms with Crippen molar-refractivity contribution in [2.75, 3.05) is 13.1 Å². The van der Waals surface area contributed by atoms with Gasteiger partial charge in [-0.05, 0) is 38.8 Å². The minimum Gasteiger partial charge on any atom is -0.481 e. The lowest BCUT2D eigenvalue weighted by Gasteiger charge is -2.25. The Kier molecular flexibility index (Phi) is 6.59. The van der Waals surface area contributed by atoms with Gasteiger partial charge in [-0.1, -0.05) is 6.42 Å². The minimum atomic E-state index is -3.48. The summed E-state index contributed by atoms with van der Waals surface area (Å²) < 4.78 is 27.0. The van der Waals surface area contributed by atoms with Crippen LogP contribution in [0.2, 0.25) is 0 Å². The van der Waals surface area contributed by atoms with E-state index in [2.05, 4.69) is 5.32 Å². The van der Waals surface area contributed by atoms with Crippen LogP contribution in [0.3, 0.4) is 0 Å². The first-order valence-electron chi connectivity index (χ1n) is 8.33. The number of nitrogens with one attached hydrogen (secondary N) is 1. The molecule has 1 aliphatic rings. The van der Waals surface area contributed by atoms with Gasteiger partial charge in [0.2, 0.25) is 5.91 Å². The Labute approximate surface area is 152 Å². The summed E-state index contributed by atoms with van der Waals surface area (Å²) in [6.07, 6.45) is 2.84. The van der Waals surface area contributed by atoms with Crippen molar-refractivity contribution in [2.45, 2.75) is 49.8 Å². The maximum Gasteiger partial charge on any atom is 0.308 e. The third-order valence-corrected chi connectivity index (χ3v) is 7.86. The number of piperidine rings is 1. The van der Waals surface area contributed by atoms with E-state index >= 15 is 0 Å². The van der Waals surface area contributed by atoms with Crippen LogP contribution in [-0.2, 0) is 26.0 Å². The zero-order chi connectivity index (χ0) is 18.6. The second kappa shape index (κ2) is 8.29. The van der Waals surface area contributed by atoms with Crippen molar-refractivity contribution in [1.82, 2.24) is 9.62 Å². The summed E-state index contributed by atoms with van der Waals surface area (Å²) in [7, 11) is -3.48. The topological polar surface area (TPSA) is 104 Å². The molecule has 2 N–H and O–H groups in total. The average Bonchev–Trinajstić information content (AvgIpc) is 3.03. The number of carbonyl (C=O) groups is 2. The van der Waals surface area contributed by atoms with Crippen LogP contribution in [0.25, 0.3) is 0 Å². The molecule has 0 spiro atoms. The number of carboxylic acids is 1. The predicted octanol–water partition coefficient (Wildman–Crippen LogP) is 1.69. The number of amides is 1. The van der Waals surface area contributed by atoms with Gasteiger partial charge in [-0.3, -0.25) is 9.59 Å². The number of aliphatic carboxylic acids is 1. The molecule has 2 unspecified atom stereocenters. The number of sulfonamides is 1. The van der Waals surface area contributed by atoms with Gasteiger partial charge in [-0.25, -0.2) is 8.42 Å². The van der Waals surface area contributed by atoms with E-state index in [4.69, 9.17) is 5.11 Å². The fraction of sp³-hybridized carbons (Fsp3) is 0.625. The summed E-state index contributed by atoms with van der Waals surface area (Å²) in [5.41, 5.74) is 0. The van der Waals surface area contributed by atoms with E-state index in [1.54, 1.807) is 19.1 Å². The van der Waals surface area contributed by atoms with Gasteiger partial charge in [0.05, 0.1) is 12.3 Å². The van der Waals surface area contributed by atoms with Crippen LogP contribution in [-0.4, -0.2) is 48.8 Å². The van der Waals surface area contributed by atoms with Crippen LogP contribution in [0, 0.1) is 5.92 Å². The van der Waals surface area contributed by atoms with Crippen molar-refractivity contribution >= 4 is 33.2 Å². The molecular weight excluding hydrogens is 364 g/mol. The van der Waals surface area contributed by atoms with Gasteiger partial charge in [0, 0.05) is 24.0 Å². The first kappa shape index (κ1) is 19.9. The van der Waals surface area contributed by atoms with E-state index in [9.17, 15) is 18.0 Å². The lowest BCUT2D eigenvalue weighted by atomic mass is 10.0. The fourth-order valence-electron chi connectivity index (χ4n) is 2.63. The van der Waals surface area contributed by atoms with Crippen LogP contribution in [0.5, 0.6) is 0 Å². The molecule has 0 bridgehead atoms. The number of carboxylic acid groups (broad SMARTS) is 1. The second-order valence-corrected chi connectivity index (χ2v) is 9.68. The monoisotopic (exact) mass is 388 g/mol. The summed E-state index contributed by atoms with van der Waals surface area (Å²) in [4.78, 5) is 23.6. The minimum absolute atomic E-state index is 0.0386. The third kappa shape index (κ3) is 5.02. The molecule has 0 aromatic carbocycles. The molecule has 1 fully saturated rings. The summed E-state index contributed by atoms with van der Waals surface area (Å²) in [6.45, 7) is 4.25. The Morgan fingerprint density at radius 2 is 1.88 bits per heavy atom. The van der Waals surface area contributed by atoms with Crippen LogP contribution in [0.4, 0.5) is 0 Å². The molecule has 0 saturated carbocycles. The van der Waals surface area contributed by atoms with Gasteiger partial charge in [0.1, 0.15) is 4.21 Å². The van der Waals surface area contributed by atoms with Gasteiger partial charge in [-0.2, -0.15) is 4.31 Å². The van der Waals surface area contributed by atoms with Gasteiger partial charge in [0.15, 0.2) is 0 Å². The molecular formula is C16H24N2O5S2. The van der Waals surface area contributed by atoms with Gasteiger partial charge in [0.25, 0.3) is 10.0 Å². The van der Waals surface area contributed by atoms with Crippen molar-refractivity contribution in [2.24, 2.45) is 5.92 Å². The number of nitrogens with zero attached hydrogens (tertiary/aromatic N) is 1. The number of hydrogen-bond donors (Lipinski definition) is 2. The molecule has 1 saturated heterocycles. The molecule has 140 valence electrons. The number of thiophene rings is 1. The first-order valence-corrected chi connectivity index (χ1v) is 10.6. The van der Waals surface area contributed by atoms with E-state index in [1.165, 1.54) is 11.2 Å². The number of rotatable bonds is 7. The molecule has 2 heterocycles. The highest BCUT2D eigenvalue weighted by atomic mass is 32.2. The van der Waals surface area contributed by atoms with E-state index < -0.39 is 28.0 Å². The molecule has 0 radical (unpaired) electrons. The molecule has 9 heteroatoms. The smallest absolute Gasteiger partial charge is 0.308 e. The molecule has 25 heavy (non-hydrogen) atoms. The highest BCUT2D eigenvalue weighted by Gasteiger charge is 2.28. The van der Waals surface area contributed by atoms with E-state index in [1.807, 2.05) is 0 Å². The number of carbonyl (C=O) groups excluding carboxylic acids is 1. The van der Waals surface area contributed by atoms with Gasteiger partial charge >= 0.3 is 5.97 Å². The number of hydrogen-bond acceptors (Lipinski definition) is 5. The normalized spacial score (nSPS) is 18.5. The standard InChI is InChI=1S/C16H24N2O5S2/c1-11(16(20)21)12(2)17-14(19)10-13-6-7-15(24-13)25(22,23)18-8-4-3-5-9-18/h6-7,11-12H,3-5,8-10H2,1-2H3,(H,17,19)(H,20,21). The highest BCUT2D eigenvalue weighted by Crippen LogP contribution is 2.27. The van der Waals surface area contributed by atoms with Crippen LogP contribution >= 0.6 is 11.3 Å². The van der Waals surface area contributed by atoms with Gasteiger partial charge < -0.3 is 10.4 Å². The lowest BCUT2D eigenvalue weighted by molar-refractivity contribution is -0.142. The largest absolute Gasteiger partial charge is 0.481 e. The van der Waals surface area contributed by atoms with Crippen molar-refractivity contribution in [3.63, 3.8) is 0 Å². The molecule has 2 rings (SSSR count). The average molecular weight is 389 g/mol. The van der Waals surface area contributed by atoms with Crippen molar-refractivity contribution in [3.05, 3.63) is 17.0 Å². The Morgan fingerprint density at radius 1 is 1.24 bits per heavy atom. The fourth-order valence-corrected chi connectivity index (χ4v) is 5.65. The van der Waals surface area contributed by atoms with Crippen LogP contribution in [0.15, 0.2) is 16.3 Å². The SMILES string of the molecule is CC(NC(=O)Cc1ccc(S(=O)(=O)N2CCCCC2)s1)C(C)C(=O)O. The van der Waals surface area contributed by atoms with Crippen molar-refractivity contribution in [3.8, 4) is 0 Å². The summed E-state index contributed by atoms with van der Waals surface area (Å²) in [5.74, 6) is -1.98. The summed E-state index contributed by atoms with van der Waals surface area (Å²) in [6, 6.07) is 2.69. The summed E-state index contributed by atoms with van der Waals surface area (Å²) >= 11 is 1.10. The van der Waals surface area contributed by atoms with Crippen LogP contribution in [0.1, 0.15) is 38.0 Å². The molecule has 0 aliphatic carbocycles. The van der Waals surface area contributed by atoms with Crippen LogP contribution < -0.4 is 5.32 Å². The first-order chi connectivity index (χ1) is 11.7. The lowest BCUT2D eigenvalue weighted by Crippen LogP contribution is -2.40. The Hall–Kier alpha value is -1.45. The molecule has 1 amide bonds. The zero-order valence-electron chi connectivity index (χ0n) is 14.4. The Bertz CT molecular complexity index is 723. The maximum absolute atomic E-state index is 12.6. The van der Waals surface area contributed by atoms with E-state index in [0.29, 0.717) is 18.0 Å². The third-order valence-electron chi connectivity index (χ3n) is 4.41. The van der Waals surface area contributed by atoms with E-state index in [0.717, 1.165) is 30.6 Å². The second-order valence-electron chi connectivity index (χ2n) is 6.35. The van der Waals surface area contributed by atoms with E-state index in [-0.39, 0.29) is 16.5 Å². The predicted molar refractivity (Wildman–Crippen MR) is 95.0 cm³/mol. The van der Waals surface area contributed by atoms with Crippen molar-refractivity contribution < 1.29 is 23.1 Å². The molecule has 1 aromatic rings. The maximum atomic E-state index is 12.6. The molecule has 2 atom stereocenters. The zero-order valence-corrected chi connectivity index (χ0v) is 16.0. The van der Waals surface area contributed by atoms with Crippen molar-refractivity contribution in [1.29, 1.82) is 0 Å². The molecule has 7 nitrogen and oxygen atoms in total. The molecule has 1 aliphatic heterocycles. The Morgan fingerprint density at radius 3 is 2.48 bits per heavy atom. The summed E-state index contributed by atoms with van der Waals surface area (Å²) in [5, 5.41) is 11.6. The quantitative estimate of drug-likeness (QED) is 0.740.